The summed E-state index contributed by atoms with van der Waals surface area (Å²) in [5.41, 5.74) is 2.70. The van der Waals surface area contributed by atoms with Crippen LogP contribution >= 0.6 is 11.6 Å². The maximum atomic E-state index is 13.5. The first-order chi connectivity index (χ1) is 16.5. The van der Waals surface area contributed by atoms with Crippen LogP contribution in [0, 0.1) is 0 Å². The number of amides is 1. The van der Waals surface area contributed by atoms with Gasteiger partial charge in [-0.3, -0.25) is 4.79 Å². The summed E-state index contributed by atoms with van der Waals surface area (Å²) < 4.78 is 11.6. The van der Waals surface area contributed by atoms with Crippen molar-refractivity contribution in [3.8, 4) is 11.5 Å². The van der Waals surface area contributed by atoms with Gasteiger partial charge in [0.2, 0.25) is 0 Å². The molecule has 0 aliphatic heterocycles. The van der Waals surface area contributed by atoms with Gasteiger partial charge in [0, 0.05) is 35.8 Å². The fourth-order valence-electron chi connectivity index (χ4n) is 3.65. The first kappa shape index (κ1) is 25.6. The molecule has 3 aromatic carbocycles. The molecule has 0 spiro atoms. The molecular formula is C28H33ClN2O3. The fourth-order valence-corrected chi connectivity index (χ4v) is 3.78. The highest BCUT2D eigenvalue weighted by Crippen LogP contribution is 2.27. The van der Waals surface area contributed by atoms with Gasteiger partial charge in [0.15, 0.2) is 0 Å². The van der Waals surface area contributed by atoms with Gasteiger partial charge in [0.1, 0.15) is 11.5 Å². The smallest absolute Gasteiger partial charge is 0.254 e. The SMILES string of the molecule is COc1ccc(OCCCN(C)C)c(CN(CCc2ccccc2)C(=O)c2ccc(Cl)cc2)c1. The van der Waals surface area contributed by atoms with Gasteiger partial charge in [-0.2, -0.15) is 0 Å². The van der Waals surface area contributed by atoms with Crippen LogP contribution in [0.3, 0.4) is 0 Å². The second-order valence-electron chi connectivity index (χ2n) is 8.45. The molecule has 0 unspecified atom stereocenters. The summed E-state index contributed by atoms with van der Waals surface area (Å²) in [6, 6.07) is 23.0. The Morgan fingerprint density at radius 1 is 0.941 bits per heavy atom. The molecular weight excluding hydrogens is 448 g/mol. The van der Waals surface area contributed by atoms with E-state index in [-0.39, 0.29) is 5.91 Å². The number of nitrogens with zero attached hydrogens (tertiary/aromatic N) is 2. The summed E-state index contributed by atoms with van der Waals surface area (Å²) in [5, 5.41) is 0.605. The Bertz CT molecular complexity index is 1040. The third-order valence-electron chi connectivity index (χ3n) is 5.53. The molecule has 0 fully saturated rings. The van der Waals surface area contributed by atoms with Crippen molar-refractivity contribution in [3.63, 3.8) is 0 Å². The Balaban J connectivity index is 1.83. The number of rotatable bonds is 12. The van der Waals surface area contributed by atoms with Crippen LogP contribution in [0.5, 0.6) is 11.5 Å². The van der Waals surface area contributed by atoms with E-state index >= 15 is 0 Å². The molecule has 180 valence electrons. The molecule has 0 atom stereocenters. The minimum Gasteiger partial charge on any atom is -0.497 e. The van der Waals surface area contributed by atoms with E-state index in [9.17, 15) is 4.79 Å². The van der Waals surface area contributed by atoms with Gasteiger partial charge in [-0.25, -0.2) is 0 Å². The van der Waals surface area contributed by atoms with E-state index in [1.165, 1.54) is 5.56 Å². The van der Waals surface area contributed by atoms with Gasteiger partial charge in [0.25, 0.3) is 5.91 Å². The molecule has 6 heteroatoms. The van der Waals surface area contributed by atoms with Crippen molar-refractivity contribution in [1.29, 1.82) is 0 Å². The largest absolute Gasteiger partial charge is 0.497 e. The zero-order chi connectivity index (χ0) is 24.3. The van der Waals surface area contributed by atoms with Gasteiger partial charge in [-0.1, -0.05) is 41.9 Å². The zero-order valence-electron chi connectivity index (χ0n) is 20.2. The highest BCUT2D eigenvalue weighted by Gasteiger charge is 2.19. The Morgan fingerprint density at radius 3 is 2.35 bits per heavy atom. The number of carbonyl (C=O) groups is 1. The third kappa shape index (κ3) is 7.79. The summed E-state index contributed by atoms with van der Waals surface area (Å²) in [7, 11) is 5.74. The number of methoxy groups -OCH3 is 1. The molecule has 0 N–H and O–H groups in total. The minimum atomic E-state index is -0.0472. The minimum absolute atomic E-state index is 0.0472. The normalized spacial score (nSPS) is 10.9. The average molecular weight is 481 g/mol. The number of benzene rings is 3. The van der Waals surface area contributed by atoms with Crippen molar-refractivity contribution in [2.45, 2.75) is 19.4 Å². The van der Waals surface area contributed by atoms with Gasteiger partial charge in [0.05, 0.1) is 13.7 Å². The van der Waals surface area contributed by atoms with Gasteiger partial charge < -0.3 is 19.3 Å². The zero-order valence-corrected chi connectivity index (χ0v) is 20.9. The molecule has 0 aromatic heterocycles. The molecule has 0 saturated carbocycles. The Morgan fingerprint density at radius 2 is 1.68 bits per heavy atom. The molecule has 3 rings (SSSR count). The number of carbonyl (C=O) groups excluding carboxylic acids is 1. The van der Waals surface area contributed by atoms with E-state index in [0.717, 1.165) is 36.4 Å². The van der Waals surface area contributed by atoms with E-state index in [0.29, 0.717) is 30.3 Å². The average Bonchev–Trinajstić information content (AvgIpc) is 2.85. The Kier molecular flexibility index (Phi) is 9.80. The summed E-state index contributed by atoms with van der Waals surface area (Å²) in [5.74, 6) is 1.46. The quantitative estimate of drug-likeness (QED) is 0.318. The lowest BCUT2D eigenvalue weighted by Gasteiger charge is -2.25. The van der Waals surface area contributed by atoms with E-state index in [2.05, 4.69) is 17.0 Å². The van der Waals surface area contributed by atoms with Crippen LogP contribution in [0.1, 0.15) is 27.9 Å². The van der Waals surface area contributed by atoms with E-state index < -0.39 is 0 Å². The molecule has 34 heavy (non-hydrogen) atoms. The van der Waals surface area contributed by atoms with Crippen molar-refractivity contribution in [3.05, 3.63) is 94.5 Å². The predicted octanol–water partition coefficient (Wildman–Crippen LogP) is 5.56. The van der Waals surface area contributed by atoms with Crippen LogP contribution in [0.25, 0.3) is 0 Å². The molecule has 0 saturated heterocycles. The van der Waals surface area contributed by atoms with Gasteiger partial charge in [-0.05, 0) is 75.0 Å². The molecule has 0 radical (unpaired) electrons. The molecule has 3 aromatic rings. The first-order valence-corrected chi connectivity index (χ1v) is 11.9. The first-order valence-electron chi connectivity index (χ1n) is 11.5. The molecule has 1 amide bonds. The number of hydrogen-bond donors (Lipinski definition) is 0. The number of halogens is 1. The Hall–Kier alpha value is -3.02. The van der Waals surface area contributed by atoms with Crippen LogP contribution in [0.2, 0.25) is 5.02 Å². The van der Waals surface area contributed by atoms with Crippen molar-refractivity contribution in [1.82, 2.24) is 9.80 Å². The lowest BCUT2D eigenvalue weighted by molar-refractivity contribution is 0.0743. The maximum absolute atomic E-state index is 13.5. The topological polar surface area (TPSA) is 42.0 Å². The van der Waals surface area contributed by atoms with Crippen molar-refractivity contribution < 1.29 is 14.3 Å². The third-order valence-corrected chi connectivity index (χ3v) is 5.78. The van der Waals surface area contributed by atoms with Crippen LogP contribution in [0.4, 0.5) is 0 Å². The number of hydrogen-bond acceptors (Lipinski definition) is 4. The molecule has 0 aliphatic carbocycles. The van der Waals surface area contributed by atoms with Crippen molar-refractivity contribution in [2.24, 2.45) is 0 Å². The summed E-state index contributed by atoms with van der Waals surface area (Å²) >= 11 is 6.04. The predicted molar refractivity (Wildman–Crippen MR) is 138 cm³/mol. The van der Waals surface area contributed by atoms with Gasteiger partial charge in [-0.15, -0.1) is 0 Å². The van der Waals surface area contributed by atoms with Crippen LogP contribution in [-0.4, -0.2) is 56.6 Å². The van der Waals surface area contributed by atoms with Crippen molar-refractivity contribution in [2.75, 3.05) is 40.9 Å². The van der Waals surface area contributed by atoms with E-state index in [1.54, 1.807) is 31.4 Å². The lowest BCUT2D eigenvalue weighted by Crippen LogP contribution is -2.32. The molecule has 0 aliphatic rings. The standard InChI is InChI=1S/C28H33ClN2O3/c1-30(2)17-7-19-34-27-15-14-26(33-3)20-24(27)21-31(18-16-22-8-5-4-6-9-22)28(32)23-10-12-25(29)13-11-23/h4-6,8-15,20H,7,16-19,21H2,1-3H3. The highest BCUT2D eigenvalue weighted by atomic mass is 35.5. The van der Waals surface area contributed by atoms with Gasteiger partial charge >= 0.3 is 0 Å². The molecule has 0 bridgehead atoms. The van der Waals surface area contributed by atoms with Crippen LogP contribution < -0.4 is 9.47 Å². The van der Waals surface area contributed by atoms with Crippen molar-refractivity contribution >= 4 is 17.5 Å². The monoisotopic (exact) mass is 480 g/mol. The lowest BCUT2D eigenvalue weighted by atomic mass is 10.1. The van der Waals surface area contributed by atoms with E-state index in [1.807, 2.05) is 55.4 Å². The second-order valence-corrected chi connectivity index (χ2v) is 8.88. The summed E-state index contributed by atoms with van der Waals surface area (Å²) in [4.78, 5) is 17.5. The maximum Gasteiger partial charge on any atom is 0.254 e. The summed E-state index contributed by atoms with van der Waals surface area (Å²) in [6.45, 7) is 2.54. The van der Waals surface area contributed by atoms with Crippen LogP contribution in [0.15, 0.2) is 72.8 Å². The Labute approximate surface area is 207 Å². The molecule has 0 heterocycles. The number of ether oxygens (including phenoxy) is 2. The highest BCUT2D eigenvalue weighted by molar-refractivity contribution is 6.30. The van der Waals surface area contributed by atoms with Crippen LogP contribution in [-0.2, 0) is 13.0 Å². The fraction of sp³-hybridized carbons (Fsp3) is 0.321. The second kappa shape index (κ2) is 13.0. The molecule has 5 nitrogen and oxygen atoms in total. The van der Waals surface area contributed by atoms with E-state index in [4.69, 9.17) is 21.1 Å². The summed E-state index contributed by atoms with van der Waals surface area (Å²) in [6.07, 6.45) is 1.67.